The molecule has 1 aliphatic rings. The normalized spacial score (nSPS) is 20.1. The molecule has 0 aliphatic carbocycles. The largest absolute Gasteiger partial charge is 0.479 e. The predicted octanol–water partition coefficient (Wildman–Crippen LogP) is 0.494. The zero-order valence-corrected chi connectivity index (χ0v) is 10.4. The van der Waals surface area contributed by atoms with Gasteiger partial charge in [0.15, 0.2) is 0 Å². The van der Waals surface area contributed by atoms with Crippen LogP contribution in [-0.4, -0.2) is 59.2 Å². The summed E-state index contributed by atoms with van der Waals surface area (Å²) in [6, 6.07) is 1.56. The van der Waals surface area contributed by atoms with Gasteiger partial charge in [0.1, 0.15) is 0 Å². The maximum Gasteiger partial charge on any atom is 0.428 e. The minimum absolute atomic E-state index is 0.182. The molecule has 0 saturated carbocycles. The number of aliphatic hydroxyl groups is 1. The maximum atomic E-state index is 12.7. The zero-order chi connectivity index (χ0) is 15.4. The molecule has 0 amide bonds. The SMILES string of the molecule is N#CC=C(CC(O)(C(=O)O)C(F)(F)F)N1CCOCC1. The lowest BCUT2D eigenvalue weighted by Crippen LogP contribution is -2.53. The van der Waals surface area contributed by atoms with E-state index in [0.717, 1.165) is 6.08 Å². The van der Waals surface area contributed by atoms with Gasteiger partial charge in [0.25, 0.3) is 5.60 Å². The second-order valence-electron chi connectivity index (χ2n) is 4.20. The van der Waals surface area contributed by atoms with Crippen LogP contribution in [0.4, 0.5) is 13.2 Å². The lowest BCUT2D eigenvalue weighted by Gasteiger charge is -2.34. The molecule has 1 rings (SSSR count). The summed E-state index contributed by atoms with van der Waals surface area (Å²) in [5.74, 6) is -2.40. The quantitative estimate of drug-likeness (QED) is 0.733. The molecule has 0 radical (unpaired) electrons. The van der Waals surface area contributed by atoms with Crippen molar-refractivity contribution in [3.05, 3.63) is 11.8 Å². The number of ether oxygens (including phenoxy) is 1. The van der Waals surface area contributed by atoms with Gasteiger partial charge in [0, 0.05) is 31.3 Å². The summed E-state index contributed by atoms with van der Waals surface area (Å²) < 4.78 is 43.2. The fourth-order valence-electron chi connectivity index (χ4n) is 1.74. The topological polar surface area (TPSA) is 93.8 Å². The second-order valence-corrected chi connectivity index (χ2v) is 4.20. The third-order valence-corrected chi connectivity index (χ3v) is 2.91. The van der Waals surface area contributed by atoms with Gasteiger partial charge in [-0.1, -0.05) is 0 Å². The van der Waals surface area contributed by atoms with Crippen molar-refractivity contribution in [2.45, 2.75) is 18.2 Å². The van der Waals surface area contributed by atoms with E-state index in [0.29, 0.717) is 0 Å². The highest BCUT2D eigenvalue weighted by molar-refractivity contribution is 5.78. The van der Waals surface area contributed by atoms with Gasteiger partial charge < -0.3 is 19.8 Å². The third-order valence-electron chi connectivity index (χ3n) is 2.91. The van der Waals surface area contributed by atoms with Crippen LogP contribution in [0.15, 0.2) is 11.8 Å². The van der Waals surface area contributed by atoms with Crippen LogP contribution in [0, 0.1) is 11.3 Å². The molecule has 1 unspecified atom stereocenters. The highest BCUT2D eigenvalue weighted by Gasteiger charge is 2.60. The molecule has 0 aromatic rings. The Morgan fingerprint density at radius 3 is 2.35 bits per heavy atom. The van der Waals surface area contributed by atoms with Gasteiger partial charge in [-0.15, -0.1) is 0 Å². The molecule has 1 heterocycles. The number of nitrogens with zero attached hydrogens (tertiary/aromatic N) is 2. The van der Waals surface area contributed by atoms with Gasteiger partial charge in [0.05, 0.1) is 19.3 Å². The highest BCUT2D eigenvalue weighted by Crippen LogP contribution is 2.36. The van der Waals surface area contributed by atoms with Gasteiger partial charge in [-0.3, -0.25) is 0 Å². The standard InChI is InChI=1S/C11H13F3N2O4/c12-11(13,14)10(19,9(17)18)7-8(1-2-15)16-3-5-20-6-4-16/h1,19H,3-7H2,(H,17,18). The molecular weight excluding hydrogens is 281 g/mol. The Bertz CT molecular complexity index is 438. The summed E-state index contributed by atoms with van der Waals surface area (Å²) in [6.45, 7) is 0.947. The lowest BCUT2D eigenvalue weighted by atomic mass is 9.96. The number of hydrogen-bond donors (Lipinski definition) is 2. The Hall–Kier alpha value is -1.79. The minimum atomic E-state index is -5.35. The molecule has 1 aliphatic heterocycles. The van der Waals surface area contributed by atoms with Crippen molar-refractivity contribution in [2.75, 3.05) is 26.3 Å². The van der Waals surface area contributed by atoms with E-state index in [1.54, 1.807) is 6.07 Å². The van der Waals surface area contributed by atoms with E-state index in [9.17, 15) is 23.1 Å². The van der Waals surface area contributed by atoms with Crippen LogP contribution in [0.3, 0.4) is 0 Å². The molecule has 0 spiro atoms. The van der Waals surface area contributed by atoms with Gasteiger partial charge in [-0.25, -0.2) is 4.79 Å². The van der Waals surface area contributed by atoms with Crippen molar-refractivity contribution in [1.82, 2.24) is 4.90 Å². The first-order valence-corrected chi connectivity index (χ1v) is 5.66. The van der Waals surface area contributed by atoms with Crippen molar-refractivity contribution >= 4 is 5.97 Å². The zero-order valence-electron chi connectivity index (χ0n) is 10.4. The van der Waals surface area contributed by atoms with E-state index in [-0.39, 0.29) is 32.0 Å². The number of aliphatic carboxylic acids is 1. The van der Waals surface area contributed by atoms with Crippen molar-refractivity contribution in [3.8, 4) is 6.07 Å². The van der Waals surface area contributed by atoms with E-state index >= 15 is 0 Å². The number of hydrogen-bond acceptors (Lipinski definition) is 5. The fourth-order valence-corrected chi connectivity index (χ4v) is 1.74. The van der Waals surface area contributed by atoms with Crippen LogP contribution < -0.4 is 0 Å². The first-order chi connectivity index (χ1) is 9.22. The number of rotatable bonds is 4. The number of alkyl halides is 3. The van der Waals surface area contributed by atoms with Crippen molar-refractivity contribution in [2.24, 2.45) is 0 Å². The summed E-state index contributed by atoms with van der Waals surface area (Å²) in [6.07, 6.45) is -5.76. The second kappa shape index (κ2) is 6.11. The predicted molar refractivity (Wildman–Crippen MR) is 59.3 cm³/mol. The molecular formula is C11H13F3N2O4. The first kappa shape index (κ1) is 16.3. The summed E-state index contributed by atoms with van der Waals surface area (Å²) in [4.78, 5) is 12.2. The molecule has 1 fully saturated rings. The summed E-state index contributed by atoms with van der Waals surface area (Å²) in [7, 11) is 0. The van der Waals surface area contributed by atoms with Crippen LogP contribution in [0.2, 0.25) is 0 Å². The van der Waals surface area contributed by atoms with Crippen LogP contribution in [0.5, 0.6) is 0 Å². The Morgan fingerprint density at radius 2 is 1.95 bits per heavy atom. The number of carboxylic acid groups (broad SMARTS) is 1. The molecule has 9 heteroatoms. The Kier molecular flexibility index (Phi) is 4.97. The molecule has 0 aromatic heterocycles. The number of carboxylic acids is 1. The van der Waals surface area contributed by atoms with E-state index < -0.39 is 24.2 Å². The number of nitriles is 1. The average Bonchev–Trinajstić information content (AvgIpc) is 2.37. The van der Waals surface area contributed by atoms with Crippen LogP contribution >= 0.6 is 0 Å². The number of halogens is 3. The maximum absolute atomic E-state index is 12.7. The van der Waals surface area contributed by atoms with Gasteiger partial charge in [-0.2, -0.15) is 18.4 Å². The molecule has 2 N–H and O–H groups in total. The van der Waals surface area contributed by atoms with Crippen LogP contribution in [0.25, 0.3) is 0 Å². The molecule has 1 atom stereocenters. The molecule has 0 aromatic carbocycles. The Morgan fingerprint density at radius 1 is 1.40 bits per heavy atom. The average molecular weight is 294 g/mol. The number of morpholine rings is 1. The van der Waals surface area contributed by atoms with Gasteiger partial charge >= 0.3 is 12.1 Å². The third kappa shape index (κ3) is 3.40. The van der Waals surface area contributed by atoms with Crippen molar-refractivity contribution in [1.29, 1.82) is 5.26 Å². The number of allylic oxidation sites excluding steroid dienone is 1. The lowest BCUT2D eigenvalue weighted by molar-refractivity contribution is -0.260. The van der Waals surface area contributed by atoms with Gasteiger partial charge in [0.2, 0.25) is 0 Å². The van der Waals surface area contributed by atoms with Crippen molar-refractivity contribution in [3.63, 3.8) is 0 Å². The van der Waals surface area contributed by atoms with E-state index in [1.165, 1.54) is 4.90 Å². The fraction of sp³-hybridized carbons (Fsp3) is 0.636. The molecule has 6 nitrogen and oxygen atoms in total. The van der Waals surface area contributed by atoms with E-state index in [2.05, 4.69) is 0 Å². The summed E-state index contributed by atoms with van der Waals surface area (Å²) in [5.41, 5.74) is -4.11. The first-order valence-electron chi connectivity index (χ1n) is 5.66. The monoisotopic (exact) mass is 294 g/mol. The molecule has 20 heavy (non-hydrogen) atoms. The smallest absolute Gasteiger partial charge is 0.428 e. The summed E-state index contributed by atoms with van der Waals surface area (Å²) >= 11 is 0. The van der Waals surface area contributed by atoms with Crippen LogP contribution in [-0.2, 0) is 9.53 Å². The van der Waals surface area contributed by atoms with Crippen molar-refractivity contribution < 1.29 is 32.9 Å². The highest BCUT2D eigenvalue weighted by atomic mass is 19.4. The Balaban J connectivity index is 3.02. The Labute approximate surface area is 112 Å². The van der Waals surface area contributed by atoms with E-state index in [4.69, 9.17) is 15.1 Å². The molecule has 0 bridgehead atoms. The van der Waals surface area contributed by atoms with E-state index in [1.807, 2.05) is 0 Å². The molecule has 1 saturated heterocycles. The summed E-state index contributed by atoms with van der Waals surface area (Å²) in [5, 5.41) is 26.7. The van der Waals surface area contributed by atoms with Gasteiger partial charge in [-0.05, 0) is 0 Å². The number of carbonyl (C=O) groups is 1. The van der Waals surface area contributed by atoms with Crippen LogP contribution in [0.1, 0.15) is 6.42 Å². The molecule has 112 valence electrons. The minimum Gasteiger partial charge on any atom is -0.479 e.